The maximum atomic E-state index is 13.3. The zero-order valence-electron chi connectivity index (χ0n) is 19.9. The fraction of sp³-hybridized carbons (Fsp3) is 0.345. The van der Waals surface area contributed by atoms with Crippen LogP contribution in [0.4, 0.5) is 10.1 Å². The van der Waals surface area contributed by atoms with Crippen molar-refractivity contribution in [3.8, 4) is 5.75 Å². The molecule has 1 aliphatic rings. The molecule has 0 aliphatic carbocycles. The van der Waals surface area contributed by atoms with Crippen LogP contribution in [0.3, 0.4) is 0 Å². The molecule has 4 nitrogen and oxygen atoms in total. The number of amides is 1. The smallest absolute Gasteiger partial charge is 0.226 e. The summed E-state index contributed by atoms with van der Waals surface area (Å²) in [6, 6.07) is 24.7. The van der Waals surface area contributed by atoms with E-state index in [2.05, 4.69) is 34.5 Å². The van der Waals surface area contributed by atoms with Gasteiger partial charge in [-0.2, -0.15) is 0 Å². The quantitative estimate of drug-likeness (QED) is 0.422. The molecule has 1 aliphatic heterocycles. The van der Waals surface area contributed by atoms with Crippen LogP contribution in [0.2, 0.25) is 0 Å². The van der Waals surface area contributed by atoms with Crippen LogP contribution in [0.5, 0.6) is 5.75 Å². The molecule has 34 heavy (non-hydrogen) atoms. The number of piperidine rings is 1. The number of nitrogens with zero attached hydrogens (tertiary/aromatic N) is 1. The Morgan fingerprint density at radius 1 is 1.00 bits per heavy atom. The Bertz CT molecular complexity index is 1060. The van der Waals surface area contributed by atoms with Crippen LogP contribution >= 0.6 is 0 Å². The van der Waals surface area contributed by atoms with E-state index < -0.39 is 0 Å². The Kier molecular flexibility index (Phi) is 7.96. The van der Waals surface area contributed by atoms with E-state index in [1.807, 2.05) is 44.2 Å². The predicted octanol–water partition coefficient (Wildman–Crippen LogP) is 6.42. The zero-order valence-corrected chi connectivity index (χ0v) is 19.9. The number of halogens is 1. The number of anilines is 1. The van der Waals surface area contributed by atoms with Gasteiger partial charge in [0, 0.05) is 18.2 Å². The molecular weight excluding hydrogens is 427 g/mol. The molecule has 3 aromatic carbocycles. The molecule has 0 spiro atoms. The SMILES string of the molecule is CC(C)C(=O)Nc1cccc(C2CCN(CC(Oc3ccc(F)cc3)c3ccccc3)CC2)c1. The highest BCUT2D eigenvalue weighted by Crippen LogP contribution is 2.31. The van der Waals surface area contributed by atoms with Crippen molar-refractivity contribution in [1.29, 1.82) is 0 Å². The first-order valence-corrected chi connectivity index (χ1v) is 12.1. The van der Waals surface area contributed by atoms with Crippen LogP contribution in [0.15, 0.2) is 78.9 Å². The maximum absolute atomic E-state index is 13.3. The Morgan fingerprint density at radius 2 is 1.71 bits per heavy atom. The van der Waals surface area contributed by atoms with Gasteiger partial charge in [0.15, 0.2) is 0 Å². The topological polar surface area (TPSA) is 41.6 Å². The van der Waals surface area contributed by atoms with Crippen LogP contribution in [-0.2, 0) is 4.79 Å². The third-order valence-electron chi connectivity index (χ3n) is 6.42. The summed E-state index contributed by atoms with van der Waals surface area (Å²) in [4.78, 5) is 14.5. The number of likely N-dealkylation sites (tertiary alicyclic amines) is 1. The second-order valence-corrected chi connectivity index (χ2v) is 9.32. The second kappa shape index (κ2) is 11.3. The molecule has 1 fully saturated rings. The van der Waals surface area contributed by atoms with Crippen molar-refractivity contribution in [3.05, 3.63) is 95.8 Å². The fourth-order valence-electron chi connectivity index (χ4n) is 4.40. The number of hydrogen-bond donors (Lipinski definition) is 1. The normalized spacial score (nSPS) is 15.8. The van der Waals surface area contributed by atoms with Crippen molar-refractivity contribution < 1.29 is 13.9 Å². The van der Waals surface area contributed by atoms with Gasteiger partial charge in [-0.05, 0) is 79.4 Å². The number of nitrogens with one attached hydrogen (secondary N) is 1. The van der Waals surface area contributed by atoms with Crippen molar-refractivity contribution in [2.75, 3.05) is 25.0 Å². The summed E-state index contributed by atoms with van der Waals surface area (Å²) in [6.07, 6.45) is 1.98. The minimum Gasteiger partial charge on any atom is -0.484 e. The van der Waals surface area contributed by atoms with Gasteiger partial charge < -0.3 is 10.1 Å². The minimum absolute atomic E-state index is 0.0402. The molecule has 3 aromatic rings. The predicted molar refractivity (Wildman–Crippen MR) is 135 cm³/mol. The molecule has 1 atom stereocenters. The lowest BCUT2D eigenvalue weighted by atomic mass is 9.89. The van der Waals surface area contributed by atoms with E-state index in [4.69, 9.17) is 4.74 Å². The standard InChI is InChI=1S/C29H33FN2O2/c1-21(2)29(33)31-26-10-6-9-24(19-26)22-15-17-32(18-16-22)20-28(23-7-4-3-5-8-23)34-27-13-11-25(30)12-14-27/h3-14,19,21-22,28H,15-18,20H2,1-2H3,(H,31,33). The fourth-order valence-corrected chi connectivity index (χ4v) is 4.40. The Labute approximate surface area is 201 Å². The third-order valence-corrected chi connectivity index (χ3v) is 6.42. The number of rotatable bonds is 8. The Balaban J connectivity index is 1.38. The first kappa shape index (κ1) is 24.0. The largest absolute Gasteiger partial charge is 0.484 e. The van der Waals surface area contributed by atoms with Crippen molar-refractivity contribution in [2.24, 2.45) is 5.92 Å². The number of hydrogen-bond acceptors (Lipinski definition) is 3. The number of carbonyl (C=O) groups is 1. The molecule has 1 amide bonds. The molecule has 1 saturated heterocycles. The molecule has 5 heteroatoms. The van der Waals surface area contributed by atoms with Gasteiger partial charge in [0.2, 0.25) is 5.91 Å². The van der Waals surface area contributed by atoms with E-state index in [0.717, 1.165) is 43.7 Å². The molecule has 4 rings (SSSR count). The molecule has 1 unspecified atom stereocenters. The van der Waals surface area contributed by atoms with Gasteiger partial charge in [0.1, 0.15) is 17.7 Å². The lowest BCUT2D eigenvalue weighted by Gasteiger charge is -2.34. The van der Waals surface area contributed by atoms with Crippen molar-refractivity contribution in [3.63, 3.8) is 0 Å². The van der Waals surface area contributed by atoms with E-state index in [-0.39, 0.29) is 23.7 Å². The van der Waals surface area contributed by atoms with Gasteiger partial charge >= 0.3 is 0 Å². The van der Waals surface area contributed by atoms with E-state index >= 15 is 0 Å². The van der Waals surface area contributed by atoms with Gasteiger partial charge in [-0.3, -0.25) is 9.69 Å². The Hall–Kier alpha value is -3.18. The van der Waals surface area contributed by atoms with Gasteiger partial charge in [-0.1, -0.05) is 56.3 Å². The molecular formula is C29H33FN2O2. The monoisotopic (exact) mass is 460 g/mol. The summed E-state index contributed by atoms with van der Waals surface area (Å²) in [5, 5.41) is 3.01. The van der Waals surface area contributed by atoms with Gasteiger partial charge in [0.05, 0.1) is 0 Å². The van der Waals surface area contributed by atoms with E-state index in [1.165, 1.54) is 17.7 Å². The average Bonchev–Trinajstić information content (AvgIpc) is 2.86. The number of benzene rings is 3. The van der Waals surface area contributed by atoms with Crippen molar-refractivity contribution in [2.45, 2.75) is 38.7 Å². The number of carbonyl (C=O) groups excluding carboxylic acids is 1. The molecule has 1 heterocycles. The first-order valence-electron chi connectivity index (χ1n) is 12.1. The van der Waals surface area contributed by atoms with Crippen LogP contribution in [0.1, 0.15) is 49.8 Å². The zero-order chi connectivity index (χ0) is 23.9. The van der Waals surface area contributed by atoms with Crippen LogP contribution < -0.4 is 10.1 Å². The van der Waals surface area contributed by atoms with Gasteiger partial charge in [-0.25, -0.2) is 4.39 Å². The second-order valence-electron chi connectivity index (χ2n) is 9.32. The van der Waals surface area contributed by atoms with Crippen molar-refractivity contribution in [1.82, 2.24) is 4.90 Å². The average molecular weight is 461 g/mol. The Morgan fingerprint density at radius 3 is 2.38 bits per heavy atom. The van der Waals surface area contributed by atoms with E-state index in [9.17, 15) is 9.18 Å². The van der Waals surface area contributed by atoms with Gasteiger partial charge in [-0.15, -0.1) is 0 Å². The number of ether oxygens (including phenoxy) is 1. The molecule has 1 N–H and O–H groups in total. The molecule has 0 aromatic heterocycles. The van der Waals surface area contributed by atoms with Gasteiger partial charge in [0.25, 0.3) is 0 Å². The van der Waals surface area contributed by atoms with Crippen LogP contribution in [0, 0.1) is 11.7 Å². The first-order chi connectivity index (χ1) is 16.5. The highest BCUT2D eigenvalue weighted by atomic mass is 19.1. The molecule has 0 saturated carbocycles. The summed E-state index contributed by atoms with van der Waals surface area (Å²) in [6.45, 7) is 6.53. The molecule has 178 valence electrons. The van der Waals surface area contributed by atoms with E-state index in [0.29, 0.717) is 11.7 Å². The summed E-state index contributed by atoms with van der Waals surface area (Å²) >= 11 is 0. The van der Waals surface area contributed by atoms with E-state index in [1.54, 1.807) is 12.1 Å². The third kappa shape index (κ3) is 6.45. The summed E-state index contributed by atoms with van der Waals surface area (Å²) in [7, 11) is 0. The summed E-state index contributed by atoms with van der Waals surface area (Å²) in [5.74, 6) is 0.880. The highest BCUT2D eigenvalue weighted by molar-refractivity contribution is 5.92. The van der Waals surface area contributed by atoms with Crippen molar-refractivity contribution >= 4 is 11.6 Å². The van der Waals surface area contributed by atoms with Crippen LogP contribution in [-0.4, -0.2) is 30.4 Å². The molecule has 0 radical (unpaired) electrons. The lowest BCUT2D eigenvalue weighted by Crippen LogP contribution is -2.37. The summed E-state index contributed by atoms with van der Waals surface area (Å²) < 4.78 is 19.6. The maximum Gasteiger partial charge on any atom is 0.226 e. The minimum atomic E-state index is -0.265. The van der Waals surface area contributed by atoms with Crippen LogP contribution in [0.25, 0.3) is 0 Å². The lowest BCUT2D eigenvalue weighted by molar-refractivity contribution is -0.118. The highest BCUT2D eigenvalue weighted by Gasteiger charge is 2.25. The summed E-state index contributed by atoms with van der Waals surface area (Å²) in [5.41, 5.74) is 3.27. The molecule has 0 bridgehead atoms.